The summed E-state index contributed by atoms with van der Waals surface area (Å²) >= 11 is 5.13. The van der Waals surface area contributed by atoms with Gasteiger partial charge in [0.25, 0.3) is 0 Å². The van der Waals surface area contributed by atoms with Crippen molar-refractivity contribution in [3.05, 3.63) is 34.3 Å². The number of halogens is 1. The fourth-order valence-electron chi connectivity index (χ4n) is 1.54. The van der Waals surface area contributed by atoms with E-state index in [0.29, 0.717) is 18.9 Å². The number of carbonyl (C=O) groups is 1. The summed E-state index contributed by atoms with van der Waals surface area (Å²) in [5, 5.41) is 2.91. The molecule has 1 aromatic carbocycles. The number of carbonyl (C=O) groups excluding carboxylic acids is 1. The quantitative estimate of drug-likeness (QED) is 0.684. The van der Waals surface area contributed by atoms with Gasteiger partial charge >= 0.3 is 0 Å². The van der Waals surface area contributed by atoms with E-state index in [-0.39, 0.29) is 12.0 Å². The van der Waals surface area contributed by atoms with Gasteiger partial charge in [0, 0.05) is 23.4 Å². The van der Waals surface area contributed by atoms with Crippen LogP contribution in [0.3, 0.4) is 0 Å². The number of benzene rings is 1. The van der Waals surface area contributed by atoms with Crippen LogP contribution in [0.2, 0.25) is 0 Å². The molecule has 3 nitrogen and oxygen atoms in total. The molecule has 1 rings (SSSR count). The molecule has 0 atom stereocenters. The van der Waals surface area contributed by atoms with Gasteiger partial charge in [-0.3, -0.25) is 4.79 Å². The highest BCUT2D eigenvalue weighted by Gasteiger charge is 2.03. The Hall–Kier alpha value is -0.520. The second-order valence-electron chi connectivity index (χ2n) is 4.71. The Balaban J connectivity index is 2.07. The first-order valence-electron chi connectivity index (χ1n) is 6.79. The molecule has 0 saturated carbocycles. The minimum Gasteiger partial charge on any atom is -0.379 e. The van der Waals surface area contributed by atoms with Gasteiger partial charge in [-0.05, 0) is 31.9 Å². The number of amides is 1. The highest BCUT2D eigenvalue weighted by atomic mass is 79.9. The van der Waals surface area contributed by atoms with Gasteiger partial charge in [-0.1, -0.05) is 34.1 Å². The topological polar surface area (TPSA) is 38.3 Å². The predicted octanol–water partition coefficient (Wildman–Crippen LogP) is 3.61. The third kappa shape index (κ3) is 7.92. The first-order valence-corrected chi connectivity index (χ1v) is 8.74. The lowest BCUT2D eigenvalue weighted by Crippen LogP contribution is -2.27. The summed E-state index contributed by atoms with van der Waals surface area (Å²) in [5.41, 5.74) is 1.22. The molecule has 1 aromatic rings. The number of thioether (sulfide) groups is 1. The summed E-state index contributed by atoms with van der Waals surface area (Å²) in [6, 6.07) is 8.09. The molecular weight excluding hydrogens is 338 g/mol. The average Bonchev–Trinajstić information content (AvgIpc) is 2.40. The Morgan fingerprint density at radius 3 is 2.85 bits per heavy atom. The van der Waals surface area contributed by atoms with Crippen molar-refractivity contribution in [3.8, 4) is 0 Å². The van der Waals surface area contributed by atoms with Crippen LogP contribution in [0.4, 0.5) is 0 Å². The Morgan fingerprint density at radius 1 is 1.40 bits per heavy atom. The van der Waals surface area contributed by atoms with Crippen molar-refractivity contribution in [2.24, 2.45) is 0 Å². The summed E-state index contributed by atoms with van der Waals surface area (Å²) < 4.78 is 6.51. The van der Waals surface area contributed by atoms with E-state index in [4.69, 9.17) is 4.74 Å². The zero-order valence-electron chi connectivity index (χ0n) is 12.0. The molecule has 1 amide bonds. The van der Waals surface area contributed by atoms with Gasteiger partial charge in [0.05, 0.1) is 11.9 Å². The SMILES string of the molecule is CC(C)OCCCNC(=O)CSCc1ccccc1Br. The lowest BCUT2D eigenvalue weighted by molar-refractivity contribution is -0.118. The van der Waals surface area contributed by atoms with Crippen molar-refractivity contribution in [3.63, 3.8) is 0 Å². The first-order chi connectivity index (χ1) is 9.59. The van der Waals surface area contributed by atoms with Gasteiger partial charge in [-0.25, -0.2) is 0 Å². The smallest absolute Gasteiger partial charge is 0.230 e. The number of rotatable bonds is 9. The molecular formula is C15H22BrNO2S. The van der Waals surface area contributed by atoms with E-state index in [0.717, 1.165) is 16.6 Å². The van der Waals surface area contributed by atoms with Crippen LogP contribution in [0.5, 0.6) is 0 Å². The van der Waals surface area contributed by atoms with E-state index >= 15 is 0 Å². The van der Waals surface area contributed by atoms with Gasteiger partial charge in [-0.15, -0.1) is 11.8 Å². The fourth-order valence-corrected chi connectivity index (χ4v) is 3.01. The predicted molar refractivity (Wildman–Crippen MR) is 89.0 cm³/mol. The normalized spacial score (nSPS) is 10.8. The maximum atomic E-state index is 11.6. The maximum Gasteiger partial charge on any atom is 0.230 e. The van der Waals surface area contributed by atoms with Crippen molar-refractivity contribution in [2.45, 2.75) is 32.1 Å². The average molecular weight is 360 g/mol. The lowest BCUT2D eigenvalue weighted by atomic mass is 10.2. The minimum atomic E-state index is 0.0894. The Bertz CT molecular complexity index is 413. The third-order valence-electron chi connectivity index (χ3n) is 2.54. The zero-order valence-corrected chi connectivity index (χ0v) is 14.4. The van der Waals surface area contributed by atoms with Gasteiger partial charge in [0.1, 0.15) is 0 Å². The molecule has 0 aliphatic rings. The highest BCUT2D eigenvalue weighted by molar-refractivity contribution is 9.10. The van der Waals surface area contributed by atoms with Gasteiger partial charge < -0.3 is 10.1 Å². The van der Waals surface area contributed by atoms with E-state index in [1.807, 2.05) is 32.0 Å². The number of ether oxygens (including phenoxy) is 1. The van der Waals surface area contributed by atoms with Crippen LogP contribution in [0, 0.1) is 0 Å². The zero-order chi connectivity index (χ0) is 14.8. The van der Waals surface area contributed by atoms with E-state index < -0.39 is 0 Å². The largest absolute Gasteiger partial charge is 0.379 e. The molecule has 0 unspecified atom stereocenters. The van der Waals surface area contributed by atoms with Crippen molar-refractivity contribution in [2.75, 3.05) is 18.9 Å². The number of nitrogens with one attached hydrogen (secondary N) is 1. The van der Waals surface area contributed by atoms with Crippen molar-refractivity contribution >= 4 is 33.6 Å². The summed E-state index contributed by atoms with van der Waals surface area (Å²) in [6.45, 7) is 5.40. The van der Waals surface area contributed by atoms with Crippen LogP contribution in [0.1, 0.15) is 25.8 Å². The van der Waals surface area contributed by atoms with Crippen molar-refractivity contribution in [1.29, 1.82) is 0 Å². The van der Waals surface area contributed by atoms with E-state index in [1.54, 1.807) is 11.8 Å². The molecule has 0 bridgehead atoms. The van der Waals surface area contributed by atoms with Crippen LogP contribution in [-0.2, 0) is 15.3 Å². The van der Waals surface area contributed by atoms with Crippen LogP contribution in [-0.4, -0.2) is 30.9 Å². The molecule has 0 aromatic heterocycles. The van der Waals surface area contributed by atoms with E-state index in [1.165, 1.54) is 5.56 Å². The molecule has 0 heterocycles. The summed E-state index contributed by atoms with van der Waals surface area (Å²) in [4.78, 5) is 11.6. The van der Waals surface area contributed by atoms with E-state index in [9.17, 15) is 4.79 Å². The molecule has 20 heavy (non-hydrogen) atoms. The third-order valence-corrected chi connectivity index (χ3v) is 4.30. The standard InChI is InChI=1S/C15H22BrNO2S/c1-12(2)19-9-5-8-17-15(18)11-20-10-13-6-3-4-7-14(13)16/h3-4,6-7,12H,5,8-11H2,1-2H3,(H,17,18). The van der Waals surface area contributed by atoms with Crippen molar-refractivity contribution < 1.29 is 9.53 Å². The second kappa shape index (κ2) is 10.2. The molecule has 112 valence electrons. The van der Waals surface area contributed by atoms with Crippen LogP contribution in [0.25, 0.3) is 0 Å². The summed E-state index contributed by atoms with van der Waals surface area (Å²) in [6.07, 6.45) is 1.12. The Morgan fingerprint density at radius 2 is 2.15 bits per heavy atom. The van der Waals surface area contributed by atoms with Crippen LogP contribution >= 0.6 is 27.7 Å². The highest BCUT2D eigenvalue weighted by Crippen LogP contribution is 2.20. The van der Waals surface area contributed by atoms with E-state index in [2.05, 4.69) is 27.3 Å². The Kier molecular flexibility index (Phi) is 8.98. The molecule has 5 heteroatoms. The summed E-state index contributed by atoms with van der Waals surface area (Å²) in [7, 11) is 0. The molecule has 0 aliphatic heterocycles. The van der Waals surface area contributed by atoms with Gasteiger partial charge in [0.15, 0.2) is 0 Å². The minimum absolute atomic E-state index is 0.0894. The number of hydrogen-bond donors (Lipinski definition) is 1. The second-order valence-corrected chi connectivity index (χ2v) is 6.55. The van der Waals surface area contributed by atoms with Crippen LogP contribution < -0.4 is 5.32 Å². The summed E-state index contributed by atoms with van der Waals surface area (Å²) in [5.74, 6) is 1.42. The van der Waals surface area contributed by atoms with Crippen molar-refractivity contribution in [1.82, 2.24) is 5.32 Å². The van der Waals surface area contributed by atoms with Crippen LogP contribution in [0.15, 0.2) is 28.7 Å². The molecule has 1 N–H and O–H groups in total. The maximum absolute atomic E-state index is 11.6. The number of hydrogen-bond acceptors (Lipinski definition) is 3. The monoisotopic (exact) mass is 359 g/mol. The molecule has 0 saturated heterocycles. The van der Waals surface area contributed by atoms with Gasteiger partial charge in [0.2, 0.25) is 5.91 Å². The first kappa shape index (κ1) is 17.5. The molecule has 0 fully saturated rings. The molecule has 0 spiro atoms. The Labute approximate surface area is 134 Å². The lowest BCUT2D eigenvalue weighted by Gasteiger charge is -2.08. The fraction of sp³-hybridized carbons (Fsp3) is 0.533. The molecule has 0 radical (unpaired) electrons. The molecule has 0 aliphatic carbocycles. The van der Waals surface area contributed by atoms with Gasteiger partial charge in [-0.2, -0.15) is 0 Å².